The maximum Gasteiger partial charge on any atom is 0.191 e. The zero-order valence-corrected chi connectivity index (χ0v) is 12.3. The van der Waals surface area contributed by atoms with Crippen LogP contribution in [0.25, 0.3) is 0 Å². The van der Waals surface area contributed by atoms with Crippen molar-refractivity contribution in [2.75, 3.05) is 0 Å². The number of nitrogens with zero attached hydrogens (tertiary/aromatic N) is 3. The van der Waals surface area contributed by atoms with Crippen molar-refractivity contribution in [3.8, 4) is 12.1 Å². The van der Waals surface area contributed by atoms with E-state index < -0.39 is 5.54 Å². The quantitative estimate of drug-likeness (QED) is 0.833. The van der Waals surface area contributed by atoms with Crippen LogP contribution in [0.4, 0.5) is 0 Å². The summed E-state index contributed by atoms with van der Waals surface area (Å²) in [7, 11) is 0. The van der Waals surface area contributed by atoms with E-state index in [0.717, 1.165) is 10.0 Å². The molecule has 0 aliphatic carbocycles. The van der Waals surface area contributed by atoms with Crippen molar-refractivity contribution in [3.05, 3.63) is 45.4 Å². The zero-order chi connectivity index (χ0) is 14.0. The van der Waals surface area contributed by atoms with Gasteiger partial charge in [0.15, 0.2) is 5.54 Å². The highest BCUT2D eigenvalue weighted by Crippen LogP contribution is 2.35. The van der Waals surface area contributed by atoms with Gasteiger partial charge in [0.25, 0.3) is 0 Å². The highest BCUT2D eigenvalue weighted by Gasteiger charge is 2.33. The van der Waals surface area contributed by atoms with Crippen LogP contribution < -0.4 is 0 Å². The summed E-state index contributed by atoms with van der Waals surface area (Å²) in [5.74, 6) is 0.402. The second kappa shape index (κ2) is 4.99. The summed E-state index contributed by atoms with van der Waals surface area (Å²) >= 11 is 3.53. The molecule has 0 saturated heterocycles. The number of hydrogen-bond donors (Lipinski definition) is 0. The fourth-order valence-corrected chi connectivity index (χ4v) is 2.88. The first kappa shape index (κ1) is 13.5. The highest BCUT2D eigenvalue weighted by molar-refractivity contribution is 9.10. The predicted octanol–water partition coefficient (Wildman–Crippen LogP) is 3.83. The topological polar surface area (TPSA) is 59.9 Å². The third-order valence-electron chi connectivity index (χ3n) is 3.13. The standard InChI is InChI=1S/C15H12BrN3/c1-10(2)13-4-3-12(5-14(13)16)15(9-18)6-11(7-17)8-19-15/h3-6,8,10H,1-2H3. The number of nitriles is 2. The van der Waals surface area contributed by atoms with E-state index in [1.807, 2.05) is 24.3 Å². The fraction of sp³-hybridized carbons (Fsp3) is 0.267. The lowest BCUT2D eigenvalue weighted by molar-refractivity contribution is 0.744. The molecule has 0 N–H and O–H groups in total. The molecule has 3 nitrogen and oxygen atoms in total. The molecule has 2 rings (SSSR count). The molecule has 1 atom stereocenters. The minimum Gasteiger partial charge on any atom is -0.261 e. The molecule has 0 amide bonds. The molecule has 0 bridgehead atoms. The highest BCUT2D eigenvalue weighted by atomic mass is 79.9. The van der Waals surface area contributed by atoms with Gasteiger partial charge in [-0.1, -0.05) is 41.9 Å². The molecule has 1 aromatic rings. The van der Waals surface area contributed by atoms with E-state index in [1.165, 1.54) is 11.8 Å². The fourth-order valence-electron chi connectivity index (χ4n) is 2.05. The lowest BCUT2D eigenvalue weighted by Crippen LogP contribution is -2.16. The van der Waals surface area contributed by atoms with E-state index in [9.17, 15) is 5.26 Å². The van der Waals surface area contributed by atoms with Crippen molar-refractivity contribution in [2.24, 2.45) is 4.99 Å². The molecule has 0 fully saturated rings. The van der Waals surface area contributed by atoms with Crippen molar-refractivity contribution < 1.29 is 0 Å². The number of allylic oxidation sites excluding steroid dienone is 1. The van der Waals surface area contributed by atoms with Gasteiger partial charge < -0.3 is 0 Å². The van der Waals surface area contributed by atoms with Crippen LogP contribution in [0.15, 0.2) is 39.3 Å². The number of halogens is 1. The van der Waals surface area contributed by atoms with Crippen LogP contribution in [0, 0.1) is 22.7 Å². The van der Waals surface area contributed by atoms with Gasteiger partial charge >= 0.3 is 0 Å². The second-order valence-electron chi connectivity index (χ2n) is 4.74. The monoisotopic (exact) mass is 313 g/mol. The predicted molar refractivity (Wildman–Crippen MR) is 77.7 cm³/mol. The van der Waals surface area contributed by atoms with Gasteiger partial charge in [-0.25, -0.2) is 0 Å². The van der Waals surface area contributed by atoms with Crippen molar-refractivity contribution in [1.29, 1.82) is 10.5 Å². The molecular formula is C15H12BrN3. The maximum absolute atomic E-state index is 9.42. The Kier molecular flexibility index (Phi) is 3.55. The van der Waals surface area contributed by atoms with Crippen molar-refractivity contribution in [3.63, 3.8) is 0 Å². The minimum atomic E-state index is -1.07. The van der Waals surface area contributed by atoms with Crippen molar-refractivity contribution >= 4 is 22.1 Å². The molecule has 0 saturated carbocycles. The number of hydrogen-bond acceptors (Lipinski definition) is 3. The second-order valence-corrected chi connectivity index (χ2v) is 5.59. The van der Waals surface area contributed by atoms with Gasteiger partial charge in [-0.05, 0) is 29.2 Å². The molecule has 1 aliphatic heterocycles. The summed E-state index contributed by atoms with van der Waals surface area (Å²) in [6.45, 7) is 4.22. The Hall–Kier alpha value is -1.91. The molecule has 1 unspecified atom stereocenters. The third-order valence-corrected chi connectivity index (χ3v) is 3.82. The molecule has 0 radical (unpaired) electrons. The lowest BCUT2D eigenvalue weighted by Gasteiger charge is -2.18. The molecule has 1 aliphatic rings. The Labute approximate surface area is 121 Å². The zero-order valence-electron chi connectivity index (χ0n) is 10.7. The average Bonchev–Trinajstić information content (AvgIpc) is 2.83. The Morgan fingerprint density at radius 3 is 2.53 bits per heavy atom. The van der Waals surface area contributed by atoms with Crippen LogP contribution >= 0.6 is 15.9 Å². The molecule has 0 spiro atoms. The maximum atomic E-state index is 9.42. The summed E-state index contributed by atoms with van der Waals surface area (Å²) < 4.78 is 0.962. The van der Waals surface area contributed by atoms with Gasteiger partial charge in [-0.3, -0.25) is 4.99 Å². The van der Waals surface area contributed by atoms with Gasteiger partial charge in [0.05, 0.1) is 5.57 Å². The number of aliphatic imine (C=N–C) groups is 1. The van der Waals surface area contributed by atoms with Crippen molar-refractivity contribution in [2.45, 2.75) is 25.3 Å². The SMILES string of the molecule is CC(C)c1ccc(C2(C#N)C=C(C#N)C=N2)cc1Br. The Balaban J connectivity index is 2.52. The molecule has 4 heteroatoms. The molecule has 19 heavy (non-hydrogen) atoms. The van der Waals surface area contributed by atoms with E-state index >= 15 is 0 Å². The van der Waals surface area contributed by atoms with E-state index in [2.05, 4.69) is 40.8 Å². The van der Waals surface area contributed by atoms with Gasteiger partial charge in [-0.15, -0.1) is 0 Å². The lowest BCUT2D eigenvalue weighted by atomic mass is 9.90. The summed E-state index contributed by atoms with van der Waals surface area (Å²) in [5.41, 5.74) is 1.31. The van der Waals surface area contributed by atoms with Crippen LogP contribution in [0.3, 0.4) is 0 Å². The molecule has 1 heterocycles. The van der Waals surface area contributed by atoms with Crippen molar-refractivity contribution in [1.82, 2.24) is 0 Å². The van der Waals surface area contributed by atoms with E-state index in [1.54, 1.807) is 6.08 Å². The molecular weight excluding hydrogens is 302 g/mol. The van der Waals surface area contributed by atoms with Crippen LogP contribution in [0.5, 0.6) is 0 Å². The Bertz CT molecular complexity index is 659. The largest absolute Gasteiger partial charge is 0.261 e. The number of rotatable bonds is 2. The average molecular weight is 314 g/mol. The van der Waals surface area contributed by atoms with E-state index in [4.69, 9.17) is 5.26 Å². The van der Waals surface area contributed by atoms with Crippen LogP contribution in [-0.2, 0) is 5.54 Å². The van der Waals surface area contributed by atoms with Crippen LogP contribution in [0.1, 0.15) is 30.9 Å². The molecule has 1 aromatic carbocycles. The normalized spacial score (nSPS) is 21.1. The Morgan fingerprint density at radius 1 is 1.32 bits per heavy atom. The third kappa shape index (κ3) is 2.32. The minimum absolute atomic E-state index is 0.402. The van der Waals surface area contributed by atoms with Crippen LogP contribution in [0.2, 0.25) is 0 Å². The molecule has 94 valence electrons. The summed E-state index contributed by atoms with van der Waals surface area (Å²) in [5, 5.41) is 18.3. The van der Waals surface area contributed by atoms with Gasteiger partial charge in [0.1, 0.15) is 12.1 Å². The summed E-state index contributed by atoms with van der Waals surface area (Å²) in [4.78, 5) is 4.20. The Morgan fingerprint density at radius 2 is 2.05 bits per heavy atom. The summed E-state index contributed by atoms with van der Waals surface area (Å²) in [6, 6.07) is 10.0. The van der Waals surface area contributed by atoms with Gasteiger partial charge in [-0.2, -0.15) is 10.5 Å². The summed E-state index contributed by atoms with van der Waals surface area (Å²) in [6.07, 6.45) is 3.05. The van der Waals surface area contributed by atoms with Crippen LogP contribution in [-0.4, -0.2) is 6.21 Å². The first-order chi connectivity index (χ1) is 9.02. The van der Waals surface area contributed by atoms with E-state index in [-0.39, 0.29) is 0 Å². The molecule has 0 aromatic heterocycles. The first-order valence-electron chi connectivity index (χ1n) is 5.92. The van der Waals surface area contributed by atoms with Gasteiger partial charge in [0.2, 0.25) is 0 Å². The number of benzene rings is 1. The van der Waals surface area contributed by atoms with Gasteiger partial charge in [0, 0.05) is 10.7 Å². The first-order valence-corrected chi connectivity index (χ1v) is 6.71. The van der Waals surface area contributed by atoms with E-state index in [0.29, 0.717) is 11.5 Å². The smallest absolute Gasteiger partial charge is 0.191 e.